The Kier molecular flexibility index (Phi) is 3.34. The van der Waals surface area contributed by atoms with E-state index in [1.807, 2.05) is 0 Å². The highest BCUT2D eigenvalue weighted by Gasteiger charge is 2.14. The van der Waals surface area contributed by atoms with E-state index >= 15 is 0 Å². The predicted molar refractivity (Wildman–Crippen MR) is 84.1 cm³/mol. The molecule has 0 amide bonds. The zero-order valence-electron chi connectivity index (χ0n) is 12.8. The molecule has 0 fully saturated rings. The number of nitrogens with zero attached hydrogens (tertiary/aromatic N) is 2. The van der Waals surface area contributed by atoms with E-state index in [-0.39, 0.29) is 0 Å². The predicted octanol–water partition coefficient (Wildman–Crippen LogP) is 4.64. The Morgan fingerprint density at radius 3 is 1.52 bits per heavy atom. The zero-order valence-corrected chi connectivity index (χ0v) is 12.8. The smallest absolute Gasteiger partial charge is 0.248 e. The lowest BCUT2D eigenvalue weighted by Crippen LogP contribution is -1.84. The van der Waals surface area contributed by atoms with Gasteiger partial charge in [0.25, 0.3) is 0 Å². The molecule has 21 heavy (non-hydrogen) atoms. The van der Waals surface area contributed by atoms with Crippen LogP contribution < -0.4 is 0 Å². The van der Waals surface area contributed by atoms with Crippen LogP contribution in [0.5, 0.6) is 0 Å². The van der Waals surface area contributed by atoms with Gasteiger partial charge in [-0.2, -0.15) is 0 Å². The monoisotopic (exact) mass is 278 g/mol. The lowest BCUT2D eigenvalue weighted by Gasteiger charge is -2.03. The Balaban J connectivity index is 2.08. The van der Waals surface area contributed by atoms with Crippen molar-refractivity contribution >= 4 is 0 Å². The van der Waals surface area contributed by atoms with Crippen molar-refractivity contribution in [3.05, 3.63) is 58.7 Å². The average Bonchev–Trinajstić information content (AvgIpc) is 2.93. The molecular formula is C18H18N2O. The van der Waals surface area contributed by atoms with Gasteiger partial charge in [0.15, 0.2) is 0 Å². The summed E-state index contributed by atoms with van der Waals surface area (Å²) in [6.07, 6.45) is 0. The highest BCUT2D eigenvalue weighted by atomic mass is 16.4. The van der Waals surface area contributed by atoms with Gasteiger partial charge in [0, 0.05) is 11.1 Å². The van der Waals surface area contributed by atoms with Crippen molar-refractivity contribution in [2.75, 3.05) is 0 Å². The SMILES string of the molecule is Cc1ccc(C)c(-c2nnc(-c3cc(C)ccc3C)o2)c1. The van der Waals surface area contributed by atoms with E-state index < -0.39 is 0 Å². The van der Waals surface area contributed by atoms with Crippen LogP contribution in [0.3, 0.4) is 0 Å². The van der Waals surface area contributed by atoms with Gasteiger partial charge in [0.1, 0.15) is 0 Å². The fourth-order valence-electron chi connectivity index (χ4n) is 2.37. The number of hydrogen-bond donors (Lipinski definition) is 0. The molecule has 106 valence electrons. The van der Waals surface area contributed by atoms with Crippen molar-refractivity contribution in [3.63, 3.8) is 0 Å². The normalized spacial score (nSPS) is 10.9. The highest BCUT2D eigenvalue weighted by molar-refractivity contribution is 5.63. The third-order valence-corrected chi connectivity index (χ3v) is 3.67. The van der Waals surface area contributed by atoms with Gasteiger partial charge in [-0.15, -0.1) is 10.2 Å². The minimum Gasteiger partial charge on any atom is -0.416 e. The van der Waals surface area contributed by atoms with E-state index in [9.17, 15) is 0 Å². The first-order chi connectivity index (χ1) is 10.0. The Bertz CT molecular complexity index is 737. The van der Waals surface area contributed by atoms with Crippen molar-refractivity contribution in [3.8, 4) is 22.9 Å². The van der Waals surface area contributed by atoms with Gasteiger partial charge >= 0.3 is 0 Å². The number of benzene rings is 2. The molecular weight excluding hydrogens is 260 g/mol. The second-order valence-corrected chi connectivity index (χ2v) is 5.55. The van der Waals surface area contributed by atoms with Crippen LogP contribution in [0.4, 0.5) is 0 Å². The summed E-state index contributed by atoms with van der Waals surface area (Å²) in [7, 11) is 0. The molecule has 0 atom stereocenters. The quantitative estimate of drug-likeness (QED) is 0.685. The van der Waals surface area contributed by atoms with Gasteiger partial charge in [-0.05, 0) is 51.0 Å². The fraction of sp³-hybridized carbons (Fsp3) is 0.222. The molecule has 3 rings (SSSR count). The molecule has 2 aromatic carbocycles. The van der Waals surface area contributed by atoms with Gasteiger partial charge in [0.2, 0.25) is 11.8 Å². The zero-order chi connectivity index (χ0) is 15.0. The molecule has 0 spiro atoms. The molecule has 3 aromatic rings. The average molecular weight is 278 g/mol. The maximum Gasteiger partial charge on any atom is 0.248 e. The molecule has 3 nitrogen and oxygen atoms in total. The number of hydrogen-bond acceptors (Lipinski definition) is 3. The summed E-state index contributed by atoms with van der Waals surface area (Å²) >= 11 is 0. The minimum atomic E-state index is 0.576. The molecule has 1 aromatic heterocycles. The number of aryl methyl sites for hydroxylation is 4. The van der Waals surface area contributed by atoms with Crippen LogP contribution in [0.25, 0.3) is 22.9 Å². The second kappa shape index (κ2) is 5.17. The van der Waals surface area contributed by atoms with Crippen LogP contribution in [0.1, 0.15) is 22.3 Å². The molecule has 0 aliphatic rings. The van der Waals surface area contributed by atoms with Crippen molar-refractivity contribution < 1.29 is 4.42 Å². The third-order valence-electron chi connectivity index (χ3n) is 3.67. The lowest BCUT2D eigenvalue weighted by molar-refractivity contribution is 0.583. The molecule has 0 N–H and O–H groups in total. The first-order valence-corrected chi connectivity index (χ1v) is 7.03. The standard InChI is InChI=1S/C18H18N2O/c1-11-5-7-13(3)15(9-11)17-19-20-18(21-17)16-10-12(2)6-8-14(16)4/h5-10H,1-4H3. The Hall–Kier alpha value is -2.42. The Labute approximate surface area is 124 Å². The largest absolute Gasteiger partial charge is 0.416 e. The van der Waals surface area contributed by atoms with Gasteiger partial charge in [0.05, 0.1) is 0 Å². The fourth-order valence-corrected chi connectivity index (χ4v) is 2.37. The van der Waals surface area contributed by atoms with E-state index in [4.69, 9.17) is 4.42 Å². The topological polar surface area (TPSA) is 38.9 Å². The molecule has 0 bridgehead atoms. The van der Waals surface area contributed by atoms with E-state index in [1.54, 1.807) is 0 Å². The molecule has 0 aliphatic carbocycles. The summed E-state index contributed by atoms with van der Waals surface area (Å²) in [6.45, 7) is 8.23. The van der Waals surface area contributed by atoms with Crippen LogP contribution in [0.2, 0.25) is 0 Å². The van der Waals surface area contributed by atoms with Crippen LogP contribution in [0.15, 0.2) is 40.8 Å². The van der Waals surface area contributed by atoms with E-state index in [0.29, 0.717) is 11.8 Å². The number of aromatic nitrogens is 2. The van der Waals surface area contributed by atoms with Gasteiger partial charge < -0.3 is 4.42 Å². The Morgan fingerprint density at radius 1 is 0.667 bits per heavy atom. The van der Waals surface area contributed by atoms with Crippen molar-refractivity contribution in [1.29, 1.82) is 0 Å². The summed E-state index contributed by atoms with van der Waals surface area (Å²) in [6, 6.07) is 12.5. The maximum absolute atomic E-state index is 5.91. The molecule has 0 unspecified atom stereocenters. The second-order valence-electron chi connectivity index (χ2n) is 5.55. The van der Waals surface area contributed by atoms with Gasteiger partial charge in [-0.1, -0.05) is 35.4 Å². The van der Waals surface area contributed by atoms with E-state index in [1.165, 1.54) is 11.1 Å². The molecule has 0 aliphatic heterocycles. The van der Waals surface area contributed by atoms with Crippen molar-refractivity contribution in [1.82, 2.24) is 10.2 Å². The van der Waals surface area contributed by atoms with Crippen molar-refractivity contribution in [2.24, 2.45) is 0 Å². The van der Waals surface area contributed by atoms with Crippen LogP contribution in [-0.2, 0) is 0 Å². The third kappa shape index (κ3) is 2.59. The first-order valence-electron chi connectivity index (χ1n) is 7.03. The number of rotatable bonds is 2. The minimum absolute atomic E-state index is 0.576. The van der Waals surface area contributed by atoms with Crippen molar-refractivity contribution in [2.45, 2.75) is 27.7 Å². The summed E-state index contributed by atoms with van der Waals surface area (Å²) < 4.78 is 5.91. The van der Waals surface area contributed by atoms with Gasteiger partial charge in [-0.25, -0.2) is 0 Å². The molecule has 3 heteroatoms. The lowest BCUT2D eigenvalue weighted by atomic mass is 10.1. The van der Waals surface area contributed by atoms with E-state index in [0.717, 1.165) is 22.3 Å². The summed E-state index contributed by atoms with van der Waals surface area (Å²) in [4.78, 5) is 0. The molecule has 0 saturated carbocycles. The molecule has 0 saturated heterocycles. The summed E-state index contributed by atoms with van der Waals surface area (Å²) in [5.74, 6) is 1.15. The first kappa shape index (κ1) is 13.6. The van der Waals surface area contributed by atoms with Crippen LogP contribution in [-0.4, -0.2) is 10.2 Å². The summed E-state index contributed by atoms with van der Waals surface area (Å²) in [5.41, 5.74) is 6.64. The summed E-state index contributed by atoms with van der Waals surface area (Å²) in [5, 5.41) is 8.44. The molecule has 0 radical (unpaired) electrons. The maximum atomic E-state index is 5.91. The van der Waals surface area contributed by atoms with E-state index in [2.05, 4.69) is 74.3 Å². The van der Waals surface area contributed by atoms with Crippen LogP contribution >= 0.6 is 0 Å². The van der Waals surface area contributed by atoms with Crippen LogP contribution in [0, 0.1) is 27.7 Å². The highest BCUT2D eigenvalue weighted by Crippen LogP contribution is 2.28. The Morgan fingerprint density at radius 2 is 1.10 bits per heavy atom. The molecule has 1 heterocycles. The van der Waals surface area contributed by atoms with Gasteiger partial charge in [-0.3, -0.25) is 0 Å².